The molecule has 0 N–H and O–H groups in total. The first-order valence-corrected chi connectivity index (χ1v) is 11.3. The van der Waals surface area contributed by atoms with Crippen LogP contribution in [0.15, 0.2) is 0 Å². The zero-order valence-electron chi connectivity index (χ0n) is 17.0. The van der Waals surface area contributed by atoms with Crippen molar-refractivity contribution in [3.8, 4) is 0 Å². The highest BCUT2D eigenvalue weighted by Crippen LogP contribution is 2.33. The second kappa shape index (κ2) is 9.72. The second-order valence-electron chi connectivity index (χ2n) is 8.07. The molecule has 4 amide bonds. The van der Waals surface area contributed by atoms with Gasteiger partial charge < -0.3 is 4.84 Å². The summed E-state index contributed by atoms with van der Waals surface area (Å²) in [5, 5.41) is 0.151. The lowest BCUT2D eigenvalue weighted by Crippen LogP contribution is -2.39. The Hall–Kier alpha value is -2.23. The van der Waals surface area contributed by atoms with Crippen molar-refractivity contribution in [1.82, 2.24) is 9.96 Å². The summed E-state index contributed by atoms with van der Waals surface area (Å²) >= 11 is 1.36. The van der Waals surface area contributed by atoms with Gasteiger partial charge in [-0.2, -0.15) is 0 Å². The molecule has 0 aromatic heterocycles. The molecule has 3 fully saturated rings. The van der Waals surface area contributed by atoms with Crippen LogP contribution in [0.2, 0.25) is 0 Å². The molecule has 0 aromatic carbocycles. The smallest absolute Gasteiger partial charge is 0.330 e. The van der Waals surface area contributed by atoms with Crippen LogP contribution in [0.5, 0.6) is 0 Å². The lowest BCUT2D eigenvalue weighted by atomic mass is 9.82. The SMILES string of the molecule is CC(=O)CCS[C@@H]1CC(=O)N(CC2CCC(C(=O)ON3C(=O)CCC3=O)CC2)C1=O. The first kappa shape index (κ1) is 22.5. The van der Waals surface area contributed by atoms with Gasteiger partial charge in [-0.3, -0.25) is 28.9 Å². The van der Waals surface area contributed by atoms with E-state index in [1.165, 1.54) is 23.6 Å². The fourth-order valence-corrected chi connectivity index (χ4v) is 5.20. The number of nitrogens with zero attached hydrogens (tertiary/aromatic N) is 2. The van der Waals surface area contributed by atoms with E-state index in [1.54, 1.807) is 0 Å². The van der Waals surface area contributed by atoms with Gasteiger partial charge in [-0.05, 0) is 38.5 Å². The van der Waals surface area contributed by atoms with Crippen LogP contribution in [0, 0.1) is 11.8 Å². The standard InChI is InChI=1S/C20H26N2O7S/c1-12(23)8-9-30-15-10-18(26)21(19(15)27)11-13-2-4-14(5-3-13)20(28)29-22-16(24)6-7-17(22)25/h13-15H,2-11H2,1H3/t13?,14?,15-/m1/s1. The molecule has 0 radical (unpaired) electrons. The molecule has 30 heavy (non-hydrogen) atoms. The van der Waals surface area contributed by atoms with Crippen molar-refractivity contribution in [2.45, 2.75) is 63.5 Å². The van der Waals surface area contributed by atoms with E-state index in [0.29, 0.717) is 49.5 Å². The average molecular weight is 439 g/mol. The van der Waals surface area contributed by atoms with E-state index in [0.717, 1.165) is 0 Å². The third-order valence-electron chi connectivity index (χ3n) is 5.78. The highest BCUT2D eigenvalue weighted by Gasteiger charge is 2.41. The van der Waals surface area contributed by atoms with Crippen molar-refractivity contribution in [3.05, 3.63) is 0 Å². The van der Waals surface area contributed by atoms with E-state index < -0.39 is 29.0 Å². The summed E-state index contributed by atoms with van der Waals surface area (Å²) < 4.78 is 0. The van der Waals surface area contributed by atoms with Crippen molar-refractivity contribution in [2.24, 2.45) is 11.8 Å². The van der Waals surface area contributed by atoms with Gasteiger partial charge in [0.05, 0.1) is 11.2 Å². The first-order valence-electron chi connectivity index (χ1n) is 10.3. The molecule has 0 unspecified atom stereocenters. The van der Waals surface area contributed by atoms with Crippen LogP contribution in [-0.4, -0.2) is 62.9 Å². The average Bonchev–Trinajstić information content (AvgIpc) is 3.16. The number of rotatable bonds is 8. The molecule has 2 heterocycles. The minimum atomic E-state index is -0.577. The predicted molar refractivity (Wildman–Crippen MR) is 106 cm³/mol. The molecule has 2 saturated heterocycles. The minimum absolute atomic E-state index is 0.0601. The maximum Gasteiger partial charge on any atom is 0.336 e. The fourth-order valence-electron chi connectivity index (χ4n) is 3.98. The summed E-state index contributed by atoms with van der Waals surface area (Å²) in [6, 6.07) is 0. The lowest BCUT2D eigenvalue weighted by Gasteiger charge is -2.30. The number of ketones is 1. The van der Waals surface area contributed by atoms with Gasteiger partial charge in [-0.1, -0.05) is 0 Å². The molecule has 164 valence electrons. The van der Waals surface area contributed by atoms with Gasteiger partial charge in [0.25, 0.3) is 11.8 Å². The van der Waals surface area contributed by atoms with Gasteiger partial charge in [-0.15, -0.1) is 16.8 Å². The summed E-state index contributed by atoms with van der Waals surface area (Å²) in [6.07, 6.45) is 3.02. The molecule has 0 aromatic rings. The van der Waals surface area contributed by atoms with Crippen LogP contribution in [-0.2, 0) is 33.6 Å². The van der Waals surface area contributed by atoms with Gasteiger partial charge in [0, 0.05) is 38.0 Å². The Balaban J connectivity index is 1.44. The highest BCUT2D eigenvalue weighted by atomic mass is 32.2. The Labute approximate surface area is 178 Å². The first-order chi connectivity index (χ1) is 14.3. The van der Waals surface area contributed by atoms with Crippen molar-refractivity contribution < 1.29 is 33.6 Å². The van der Waals surface area contributed by atoms with Crippen LogP contribution in [0.25, 0.3) is 0 Å². The molecule has 1 atom stereocenters. The molecule has 10 heteroatoms. The number of carbonyl (C=O) groups excluding carboxylic acids is 6. The Morgan fingerprint density at radius 2 is 1.63 bits per heavy atom. The summed E-state index contributed by atoms with van der Waals surface area (Å²) in [4.78, 5) is 77.6. The summed E-state index contributed by atoms with van der Waals surface area (Å²) in [6.45, 7) is 1.84. The molecule has 3 rings (SSSR count). The maximum absolute atomic E-state index is 12.5. The zero-order chi connectivity index (χ0) is 21.8. The highest BCUT2D eigenvalue weighted by molar-refractivity contribution is 8.00. The number of Topliss-reactive ketones (excluding diaryl/α,β-unsaturated/α-hetero) is 1. The van der Waals surface area contributed by atoms with Crippen molar-refractivity contribution in [3.63, 3.8) is 0 Å². The van der Waals surface area contributed by atoms with E-state index >= 15 is 0 Å². The molecule has 1 saturated carbocycles. The molecule has 9 nitrogen and oxygen atoms in total. The number of hydroxylamine groups is 2. The number of hydrogen-bond acceptors (Lipinski definition) is 8. The van der Waals surface area contributed by atoms with Crippen LogP contribution in [0.1, 0.15) is 58.3 Å². The van der Waals surface area contributed by atoms with Gasteiger partial charge >= 0.3 is 5.97 Å². The molecular formula is C20H26N2O7S. The van der Waals surface area contributed by atoms with Crippen molar-refractivity contribution >= 4 is 47.1 Å². The van der Waals surface area contributed by atoms with E-state index in [4.69, 9.17) is 4.84 Å². The number of amides is 4. The third kappa shape index (κ3) is 5.27. The molecule has 0 spiro atoms. The Kier molecular flexibility index (Phi) is 7.27. The molecule has 1 aliphatic carbocycles. The van der Waals surface area contributed by atoms with Crippen molar-refractivity contribution in [2.75, 3.05) is 12.3 Å². The number of thioether (sulfide) groups is 1. The second-order valence-corrected chi connectivity index (χ2v) is 9.38. The predicted octanol–water partition coefficient (Wildman–Crippen LogP) is 1.24. The minimum Gasteiger partial charge on any atom is -0.330 e. The fraction of sp³-hybridized carbons (Fsp3) is 0.700. The normalized spacial score (nSPS) is 27.2. The van der Waals surface area contributed by atoms with E-state index in [-0.39, 0.29) is 42.8 Å². The van der Waals surface area contributed by atoms with Crippen LogP contribution < -0.4 is 0 Å². The third-order valence-corrected chi connectivity index (χ3v) is 6.99. The van der Waals surface area contributed by atoms with E-state index in [2.05, 4.69) is 0 Å². The van der Waals surface area contributed by atoms with Gasteiger partial charge in [0.2, 0.25) is 11.8 Å². The van der Waals surface area contributed by atoms with Gasteiger partial charge in [-0.25, -0.2) is 4.79 Å². The van der Waals surface area contributed by atoms with Crippen LogP contribution in [0.4, 0.5) is 0 Å². The zero-order valence-corrected chi connectivity index (χ0v) is 17.8. The number of carbonyl (C=O) groups is 6. The molecular weight excluding hydrogens is 412 g/mol. The summed E-state index contributed by atoms with van der Waals surface area (Å²) in [7, 11) is 0. The quantitative estimate of drug-likeness (QED) is 0.520. The van der Waals surface area contributed by atoms with Gasteiger partial charge in [0.1, 0.15) is 5.78 Å². The Morgan fingerprint density at radius 1 is 1.00 bits per heavy atom. The lowest BCUT2D eigenvalue weighted by molar-refractivity contribution is -0.201. The largest absolute Gasteiger partial charge is 0.336 e. The topological polar surface area (TPSA) is 118 Å². The van der Waals surface area contributed by atoms with Crippen LogP contribution >= 0.6 is 11.8 Å². The van der Waals surface area contributed by atoms with Crippen molar-refractivity contribution in [1.29, 1.82) is 0 Å². The number of imide groups is 2. The molecule has 2 aliphatic heterocycles. The molecule has 0 bridgehead atoms. The summed E-state index contributed by atoms with van der Waals surface area (Å²) in [5.74, 6) is -1.65. The van der Waals surface area contributed by atoms with Gasteiger partial charge in [0.15, 0.2) is 0 Å². The summed E-state index contributed by atoms with van der Waals surface area (Å²) in [5.41, 5.74) is 0. The monoisotopic (exact) mass is 438 g/mol. The Bertz CT molecular complexity index is 744. The Morgan fingerprint density at radius 3 is 2.23 bits per heavy atom. The van der Waals surface area contributed by atoms with E-state index in [1.807, 2.05) is 0 Å². The van der Waals surface area contributed by atoms with E-state index in [9.17, 15) is 28.8 Å². The van der Waals surface area contributed by atoms with Crippen LogP contribution in [0.3, 0.4) is 0 Å². The maximum atomic E-state index is 12.5. The molecule has 3 aliphatic rings. The number of hydrogen-bond donors (Lipinski definition) is 0. The number of likely N-dealkylation sites (tertiary alicyclic amines) is 1.